The second-order valence-electron chi connectivity index (χ2n) is 3.66. The molecule has 2 rings (SSSR count). The van der Waals surface area contributed by atoms with Gasteiger partial charge in [-0.1, -0.05) is 0 Å². The Morgan fingerprint density at radius 1 is 1.47 bits per heavy atom. The summed E-state index contributed by atoms with van der Waals surface area (Å²) < 4.78 is 10.2. The fraction of sp³-hybridized carbons (Fsp3) is 0.250. The molecule has 1 aromatic carbocycles. The zero-order valence-electron chi connectivity index (χ0n) is 10.5. The van der Waals surface area contributed by atoms with Gasteiger partial charge in [0.2, 0.25) is 5.89 Å². The van der Waals surface area contributed by atoms with Crippen LogP contribution in [0.2, 0.25) is 0 Å². The third kappa shape index (κ3) is 3.25. The summed E-state index contributed by atoms with van der Waals surface area (Å²) in [4.78, 5) is 12.5. The van der Waals surface area contributed by atoms with Crippen LogP contribution in [0.25, 0.3) is 0 Å². The van der Waals surface area contributed by atoms with Crippen molar-refractivity contribution in [1.82, 2.24) is 10.2 Å². The number of nitrogen functional groups attached to an aromatic ring is 1. The first-order valence-electron chi connectivity index (χ1n) is 5.64. The summed E-state index contributed by atoms with van der Waals surface area (Å²) in [7, 11) is 0. The van der Waals surface area contributed by atoms with Crippen LogP contribution in [0.3, 0.4) is 0 Å². The predicted molar refractivity (Wildman–Crippen MR) is 70.0 cm³/mol. The van der Waals surface area contributed by atoms with Gasteiger partial charge in [0.15, 0.2) is 0 Å². The van der Waals surface area contributed by atoms with Crippen LogP contribution in [0.4, 0.5) is 5.69 Å². The molecule has 0 aliphatic rings. The molecule has 7 heteroatoms. The number of rotatable bonds is 4. The Morgan fingerprint density at radius 2 is 2.26 bits per heavy atom. The van der Waals surface area contributed by atoms with Gasteiger partial charge in [0.1, 0.15) is 0 Å². The smallest absolute Gasteiger partial charge is 0.340 e. The average molecular weight is 279 g/mol. The lowest BCUT2D eigenvalue weighted by Crippen LogP contribution is -2.07. The number of carbonyl (C=O) groups excluding carboxylic acids is 1. The number of hydrogen-bond donors (Lipinski definition) is 1. The van der Waals surface area contributed by atoms with E-state index in [-0.39, 0.29) is 0 Å². The molecule has 0 aliphatic carbocycles. The highest BCUT2D eigenvalue weighted by molar-refractivity contribution is 7.99. The van der Waals surface area contributed by atoms with Crippen LogP contribution in [0, 0.1) is 6.92 Å². The normalized spacial score (nSPS) is 10.4. The summed E-state index contributed by atoms with van der Waals surface area (Å²) in [5.41, 5.74) is 6.47. The van der Waals surface area contributed by atoms with Crippen molar-refractivity contribution in [2.75, 3.05) is 12.3 Å². The quantitative estimate of drug-likeness (QED) is 0.678. The number of esters is 1. The molecular weight excluding hydrogens is 266 g/mol. The van der Waals surface area contributed by atoms with Crippen molar-refractivity contribution in [1.29, 1.82) is 0 Å². The molecule has 1 heterocycles. The van der Waals surface area contributed by atoms with Crippen molar-refractivity contribution in [3.63, 3.8) is 0 Å². The molecule has 0 atom stereocenters. The first kappa shape index (κ1) is 13.4. The van der Waals surface area contributed by atoms with E-state index in [0.717, 1.165) is 4.90 Å². The molecule has 0 bridgehead atoms. The molecule has 2 N–H and O–H groups in total. The standard InChI is InChI=1S/C12H13N3O3S/c1-3-17-11(16)9-6-8(4-5-10(9)13)19-12-15-14-7(2)18-12/h4-6H,3,13H2,1-2H3. The fourth-order valence-corrected chi connectivity index (χ4v) is 2.16. The summed E-state index contributed by atoms with van der Waals surface area (Å²) in [5, 5.41) is 8.02. The van der Waals surface area contributed by atoms with E-state index in [1.165, 1.54) is 11.8 Å². The maximum atomic E-state index is 11.7. The number of nitrogens with two attached hydrogens (primary N) is 1. The van der Waals surface area contributed by atoms with Gasteiger partial charge < -0.3 is 14.9 Å². The zero-order chi connectivity index (χ0) is 13.8. The molecule has 0 saturated carbocycles. The SMILES string of the molecule is CCOC(=O)c1cc(Sc2nnc(C)o2)ccc1N. The van der Waals surface area contributed by atoms with E-state index in [0.29, 0.717) is 29.0 Å². The second-order valence-corrected chi connectivity index (χ2v) is 4.68. The lowest BCUT2D eigenvalue weighted by molar-refractivity contribution is 0.0527. The van der Waals surface area contributed by atoms with Gasteiger partial charge in [-0.25, -0.2) is 4.79 Å². The number of anilines is 1. The highest BCUT2D eigenvalue weighted by Crippen LogP contribution is 2.29. The molecule has 0 spiro atoms. The first-order valence-corrected chi connectivity index (χ1v) is 6.46. The van der Waals surface area contributed by atoms with E-state index in [4.69, 9.17) is 14.9 Å². The number of benzene rings is 1. The molecule has 0 radical (unpaired) electrons. The van der Waals surface area contributed by atoms with Crippen molar-refractivity contribution in [2.24, 2.45) is 0 Å². The third-order valence-corrected chi connectivity index (χ3v) is 3.06. The first-order chi connectivity index (χ1) is 9.10. The number of hydrogen-bond acceptors (Lipinski definition) is 7. The Kier molecular flexibility index (Phi) is 4.06. The number of ether oxygens (including phenoxy) is 1. The molecule has 0 unspecified atom stereocenters. The van der Waals surface area contributed by atoms with E-state index in [1.807, 2.05) is 0 Å². The summed E-state index contributed by atoms with van der Waals surface area (Å²) in [5.74, 6) is 0.0488. The van der Waals surface area contributed by atoms with Gasteiger partial charge in [-0.3, -0.25) is 0 Å². The summed E-state index contributed by atoms with van der Waals surface area (Å²) in [6.07, 6.45) is 0. The maximum absolute atomic E-state index is 11.7. The third-order valence-electron chi connectivity index (χ3n) is 2.23. The molecule has 2 aromatic rings. The minimum atomic E-state index is -0.441. The van der Waals surface area contributed by atoms with Crippen molar-refractivity contribution < 1.29 is 13.9 Å². The fourth-order valence-electron chi connectivity index (χ4n) is 1.40. The van der Waals surface area contributed by atoms with E-state index in [9.17, 15) is 4.79 Å². The molecular formula is C12H13N3O3S. The molecule has 0 saturated heterocycles. The van der Waals surface area contributed by atoms with Gasteiger partial charge >= 0.3 is 5.97 Å². The van der Waals surface area contributed by atoms with Crippen LogP contribution < -0.4 is 5.73 Å². The van der Waals surface area contributed by atoms with Crippen LogP contribution in [0.5, 0.6) is 0 Å². The van der Waals surface area contributed by atoms with Crippen LogP contribution in [-0.2, 0) is 4.74 Å². The van der Waals surface area contributed by atoms with Gasteiger partial charge in [-0.05, 0) is 36.9 Å². The highest BCUT2D eigenvalue weighted by Gasteiger charge is 2.13. The average Bonchev–Trinajstić information content (AvgIpc) is 2.77. The molecule has 0 amide bonds. The number of aryl methyl sites for hydroxylation is 1. The number of carbonyl (C=O) groups is 1. The lowest BCUT2D eigenvalue weighted by atomic mass is 10.2. The van der Waals surface area contributed by atoms with Gasteiger partial charge in [0.25, 0.3) is 5.22 Å². The van der Waals surface area contributed by atoms with E-state index in [1.54, 1.807) is 32.0 Å². The Hall–Kier alpha value is -2.02. The van der Waals surface area contributed by atoms with Crippen molar-refractivity contribution in [3.05, 3.63) is 29.7 Å². The monoisotopic (exact) mass is 279 g/mol. The van der Waals surface area contributed by atoms with Crippen LogP contribution in [0.1, 0.15) is 23.2 Å². The topological polar surface area (TPSA) is 91.2 Å². The summed E-state index contributed by atoms with van der Waals surface area (Å²) in [6, 6.07) is 5.08. The Balaban J connectivity index is 2.23. The summed E-state index contributed by atoms with van der Waals surface area (Å²) in [6.45, 7) is 3.76. The van der Waals surface area contributed by atoms with E-state index >= 15 is 0 Å². The predicted octanol–water partition coefficient (Wildman–Crippen LogP) is 2.29. The highest BCUT2D eigenvalue weighted by atomic mass is 32.2. The number of aromatic nitrogens is 2. The Morgan fingerprint density at radius 3 is 2.89 bits per heavy atom. The minimum absolute atomic E-state index is 0.304. The lowest BCUT2D eigenvalue weighted by Gasteiger charge is -2.06. The Bertz CT molecular complexity index is 598. The molecule has 100 valence electrons. The van der Waals surface area contributed by atoms with Gasteiger partial charge in [0, 0.05) is 17.5 Å². The Labute approximate surface area is 114 Å². The largest absolute Gasteiger partial charge is 0.462 e. The molecule has 6 nitrogen and oxygen atoms in total. The molecule has 19 heavy (non-hydrogen) atoms. The number of nitrogens with zero attached hydrogens (tertiary/aromatic N) is 2. The van der Waals surface area contributed by atoms with Gasteiger partial charge in [-0.2, -0.15) is 0 Å². The molecule has 0 aliphatic heterocycles. The molecule has 1 aromatic heterocycles. The van der Waals surface area contributed by atoms with Gasteiger partial charge in [-0.15, -0.1) is 10.2 Å². The van der Waals surface area contributed by atoms with E-state index < -0.39 is 5.97 Å². The van der Waals surface area contributed by atoms with Crippen LogP contribution >= 0.6 is 11.8 Å². The maximum Gasteiger partial charge on any atom is 0.340 e. The summed E-state index contributed by atoms with van der Waals surface area (Å²) >= 11 is 1.26. The van der Waals surface area contributed by atoms with Crippen LogP contribution in [-0.4, -0.2) is 22.8 Å². The van der Waals surface area contributed by atoms with Crippen molar-refractivity contribution in [3.8, 4) is 0 Å². The van der Waals surface area contributed by atoms with Gasteiger partial charge in [0.05, 0.1) is 12.2 Å². The van der Waals surface area contributed by atoms with E-state index in [2.05, 4.69) is 10.2 Å². The minimum Gasteiger partial charge on any atom is -0.462 e. The second kappa shape index (κ2) is 5.75. The van der Waals surface area contributed by atoms with Crippen molar-refractivity contribution >= 4 is 23.4 Å². The van der Waals surface area contributed by atoms with Crippen LogP contribution in [0.15, 0.2) is 32.7 Å². The zero-order valence-corrected chi connectivity index (χ0v) is 11.4. The molecule has 0 fully saturated rings. The van der Waals surface area contributed by atoms with Crippen molar-refractivity contribution in [2.45, 2.75) is 24.0 Å².